The summed E-state index contributed by atoms with van der Waals surface area (Å²) in [6.45, 7) is 4.51. The van der Waals surface area contributed by atoms with Crippen molar-refractivity contribution in [1.29, 1.82) is 0 Å². The van der Waals surface area contributed by atoms with Crippen LogP contribution < -0.4 is 4.90 Å². The number of halogens is 2. The van der Waals surface area contributed by atoms with E-state index in [1.54, 1.807) is 23.1 Å². The van der Waals surface area contributed by atoms with Gasteiger partial charge in [-0.2, -0.15) is 5.10 Å². The Bertz CT molecular complexity index is 629. The predicted octanol–water partition coefficient (Wildman–Crippen LogP) is 1.77. The summed E-state index contributed by atoms with van der Waals surface area (Å²) < 4.78 is 1.75. The van der Waals surface area contributed by atoms with Gasteiger partial charge in [0.1, 0.15) is 5.82 Å². The van der Waals surface area contributed by atoms with Crippen LogP contribution in [0.2, 0.25) is 10.0 Å². The Balaban J connectivity index is 1.50. The van der Waals surface area contributed by atoms with Gasteiger partial charge in [-0.25, -0.2) is 4.98 Å². The number of aromatic nitrogens is 3. The van der Waals surface area contributed by atoms with Crippen molar-refractivity contribution in [3.63, 3.8) is 0 Å². The number of aliphatic hydroxyl groups is 1. The van der Waals surface area contributed by atoms with Gasteiger partial charge in [0.15, 0.2) is 0 Å². The summed E-state index contributed by atoms with van der Waals surface area (Å²) in [5.41, 5.74) is 0. The van der Waals surface area contributed by atoms with E-state index in [-0.39, 0.29) is 0 Å². The molecule has 23 heavy (non-hydrogen) atoms. The van der Waals surface area contributed by atoms with Gasteiger partial charge in [-0.3, -0.25) is 9.58 Å². The second-order valence-electron chi connectivity index (χ2n) is 5.63. The highest BCUT2D eigenvalue weighted by Crippen LogP contribution is 2.26. The first-order valence-electron chi connectivity index (χ1n) is 7.55. The van der Waals surface area contributed by atoms with Gasteiger partial charge < -0.3 is 10.0 Å². The second kappa shape index (κ2) is 7.49. The maximum Gasteiger partial charge on any atom is 0.147 e. The van der Waals surface area contributed by atoms with Crippen LogP contribution in [0, 0.1) is 0 Å². The molecule has 3 rings (SSSR count). The third-order valence-corrected chi connectivity index (χ3v) is 4.37. The summed E-state index contributed by atoms with van der Waals surface area (Å²) in [6.07, 6.45) is 4.76. The zero-order valence-corrected chi connectivity index (χ0v) is 14.2. The van der Waals surface area contributed by atoms with Crippen molar-refractivity contribution in [3.8, 4) is 0 Å². The molecule has 0 aliphatic carbocycles. The third kappa shape index (κ3) is 4.35. The summed E-state index contributed by atoms with van der Waals surface area (Å²) in [5, 5.41) is 15.4. The molecule has 1 fully saturated rings. The van der Waals surface area contributed by atoms with Gasteiger partial charge in [-0.15, -0.1) is 0 Å². The van der Waals surface area contributed by atoms with Gasteiger partial charge >= 0.3 is 0 Å². The van der Waals surface area contributed by atoms with E-state index in [1.165, 1.54) is 0 Å². The lowest BCUT2D eigenvalue weighted by Crippen LogP contribution is -2.49. The van der Waals surface area contributed by atoms with Crippen molar-refractivity contribution >= 4 is 29.0 Å². The minimum Gasteiger partial charge on any atom is -0.390 e. The quantitative estimate of drug-likeness (QED) is 0.885. The van der Waals surface area contributed by atoms with Crippen LogP contribution in [-0.2, 0) is 6.54 Å². The first-order chi connectivity index (χ1) is 11.1. The molecule has 1 aliphatic rings. The Labute approximate surface area is 145 Å². The van der Waals surface area contributed by atoms with Crippen LogP contribution in [0.3, 0.4) is 0 Å². The molecule has 2 aromatic heterocycles. The van der Waals surface area contributed by atoms with E-state index in [0.29, 0.717) is 23.1 Å². The molecular weight excluding hydrogens is 337 g/mol. The number of aliphatic hydroxyl groups excluding tert-OH is 1. The van der Waals surface area contributed by atoms with Crippen molar-refractivity contribution in [2.45, 2.75) is 12.6 Å². The number of anilines is 1. The lowest BCUT2D eigenvalue weighted by molar-refractivity contribution is 0.0920. The van der Waals surface area contributed by atoms with Crippen molar-refractivity contribution < 1.29 is 5.11 Å². The lowest BCUT2D eigenvalue weighted by atomic mass is 10.2. The van der Waals surface area contributed by atoms with E-state index in [2.05, 4.69) is 19.9 Å². The fraction of sp³-hybridized carbons (Fsp3) is 0.467. The highest BCUT2D eigenvalue weighted by atomic mass is 35.5. The van der Waals surface area contributed by atoms with Crippen LogP contribution in [0.25, 0.3) is 0 Å². The summed E-state index contributed by atoms with van der Waals surface area (Å²) in [4.78, 5) is 8.71. The van der Waals surface area contributed by atoms with Gasteiger partial charge in [0.25, 0.3) is 0 Å². The lowest BCUT2D eigenvalue weighted by Gasteiger charge is -2.36. The van der Waals surface area contributed by atoms with Crippen LogP contribution in [0.5, 0.6) is 0 Å². The van der Waals surface area contributed by atoms with Crippen molar-refractivity contribution in [2.75, 3.05) is 37.6 Å². The molecule has 1 N–H and O–H groups in total. The molecule has 3 heterocycles. The summed E-state index contributed by atoms with van der Waals surface area (Å²) in [5.74, 6) is 0.771. The van der Waals surface area contributed by atoms with Crippen molar-refractivity contribution in [1.82, 2.24) is 19.7 Å². The van der Waals surface area contributed by atoms with Crippen LogP contribution >= 0.6 is 23.2 Å². The maximum absolute atomic E-state index is 10.2. The number of hydrogen-bond acceptors (Lipinski definition) is 5. The zero-order chi connectivity index (χ0) is 16.2. The highest BCUT2D eigenvalue weighted by molar-refractivity contribution is 6.36. The molecule has 0 aromatic carbocycles. The molecule has 0 spiro atoms. The molecule has 0 amide bonds. The molecule has 0 bridgehead atoms. The van der Waals surface area contributed by atoms with Crippen LogP contribution in [0.4, 0.5) is 5.82 Å². The van der Waals surface area contributed by atoms with Crippen molar-refractivity contribution in [2.24, 2.45) is 0 Å². The van der Waals surface area contributed by atoms with Crippen LogP contribution in [0.1, 0.15) is 0 Å². The Kier molecular flexibility index (Phi) is 5.38. The normalized spacial score (nSPS) is 17.4. The van der Waals surface area contributed by atoms with Gasteiger partial charge in [-0.05, 0) is 12.1 Å². The number of rotatable bonds is 5. The van der Waals surface area contributed by atoms with Gasteiger partial charge in [0.2, 0.25) is 0 Å². The summed E-state index contributed by atoms with van der Waals surface area (Å²) in [7, 11) is 0. The molecule has 124 valence electrons. The average molecular weight is 356 g/mol. The zero-order valence-electron chi connectivity index (χ0n) is 12.6. The smallest absolute Gasteiger partial charge is 0.147 e. The van der Waals surface area contributed by atoms with E-state index in [0.717, 1.165) is 32.0 Å². The van der Waals surface area contributed by atoms with Gasteiger partial charge in [-0.1, -0.05) is 23.2 Å². The average Bonchev–Trinajstić information content (AvgIpc) is 3.01. The standard InChI is InChI=1S/C15H19Cl2N5O/c16-12-8-14(17)15(18-9-12)21-6-4-20(5-7-21)10-13(23)11-22-3-1-2-19-22/h1-3,8-9,13,23H,4-7,10-11H2/t13-/m1/s1. The minimum atomic E-state index is -0.432. The third-order valence-electron chi connectivity index (χ3n) is 3.89. The molecule has 0 saturated carbocycles. The van der Waals surface area contributed by atoms with Crippen LogP contribution in [0.15, 0.2) is 30.7 Å². The molecular formula is C15H19Cl2N5O. The van der Waals surface area contributed by atoms with E-state index in [4.69, 9.17) is 23.2 Å². The molecule has 2 aromatic rings. The molecule has 0 radical (unpaired) electrons. The first-order valence-corrected chi connectivity index (χ1v) is 8.31. The van der Waals surface area contributed by atoms with E-state index in [9.17, 15) is 5.11 Å². The van der Waals surface area contributed by atoms with Gasteiger partial charge in [0, 0.05) is 51.3 Å². The number of pyridine rings is 1. The molecule has 1 aliphatic heterocycles. The summed E-state index contributed by atoms with van der Waals surface area (Å²) >= 11 is 12.1. The van der Waals surface area contributed by atoms with E-state index < -0.39 is 6.10 Å². The number of piperazine rings is 1. The predicted molar refractivity (Wildman–Crippen MR) is 91.1 cm³/mol. The maximum atomic E-state index is 10.2. The second-order valence-corrected chi connectivity index (χ2v) is 6.47. The molecule has 1 saturated heterocycles. The Morgan fingerprint density at radius 2 is 1.96 bits per heavy atom. The SMILES string of the molecule is O[C@H](CN1CCN(c2ncc(Cl)cc2Cl)CC1)Cn1cccn1. The number of β-amino-alcohol motifs (C(OH)–C–C–N with tert-alkyl or cyclic N) is 1. The number of nitrogens with zero attached hydrogens (tertiary/aromatic N) is 5. The Morgan fingerprint density at radius 1 is 1.17 bits per heavy atom. The largest absolute Gasteiger partial charge is 0.390 e. The number of hydrogen-bond donors (Lipinski definition) is 1. The highest BCUT2D eigenvalue weighted by Gasteiger charge is 2.21. The summed E-state index contributed by atoms with van der Waals surface area (Å²) in [6, 6.07) is 3.57. The Morgan fingerprint density at radius 3 is 2.61 bits per heavy atom. The Hall–Kier alpha value is -1.34. The van der Waals surface area contributed by atoms with E-state index >= 15 is 0 Å². The monoisotopic (exact) mass is 355 g/mol. The van der Waals surface area contributed by atoms with Gasteiger partial charge in [0.05, 0.1) is 22.7 Å². The molecule has 6 nitrogen and oxygen atoms in total. The molecule has 0 unspecified atom stereocenters. The molecule has 8 heteroatoms. The minimum absolute atomic E-state index is 0.432. The van der Waals surface area contributed by atoms with E-state index in [1.807, 2.05) is 12.3 Å². The topological polar surface area (TPSA) is 57.4 Å². The fourth-order valence-corrected chi connectivity index (χ4v) is 3.26. The molecule has 1 atom stereocenters. The fourth-order valence-electron chi connectivity index (χ4n) is 2.76. The van der Waals surface area contributed by atoms with Crippen molar-refractivity contribution in [3.05, 3.63) is 40.8 Å². The first kappa shape index (κ1) is 16.5. The van der Waals surface area contributed by atoms with Crippen LogP contribution in [-0.4, -0.2) is 63.6 Å².